The molecule has 168 valence electrons. The number of H-pyrrole nitrogens is 1. The second-order valence-corrected chi connectivity index (χ2v) is 8.51. The Morgan fingerprint density at radius 2 is 2.06 bits per heavy atom. The van der Waals surface area contributed by atoms with Crippen LogP contribution in [0, 0.1) is 6.92 Å². The minimum atomic E-state index is -1.28. The number of aliphatic hydroxyl groups excluding tert-OH is 2. The summed E-state index contributed by atoms with van der Waals surface area (Å²) in [7, 11) is 0. The minimum Gasteiger partial charge on any atom is -0.394 e. The smallest absolute Gasteiger partial charge is 0.330 e. The van der Waals surface area contributed by atoms with E-state index in [4.69, 9.17) is 9.47 Å². The Hall–Kier alpha value is -2.26. The van der Waals surface area contributed by atoms with Gasteiger partial charge in [-0.15, -0.1) is 0 Å². The first-order chi connectivity index (χ1) is 14.9. The first-order valence-corrected chi connectivity index (χ1v) is 10.9. The van der Waals surface area contributed by atoms with E-state index in [0.717, 1.165) is 58.9 Å². The molecule has 0 aliphatic carbocycles. The van der Waals surface area contributed by atoms with Crippen molar-refractivity contribution in [1.82, 2.24) is 9.55 Å². The summed E-state index contributed by atoms with van der Waals surface area (Å²) < 4.78 is 13.3. The molecule has 4 atom stereocenters. The number of rotatable bonds is 7. The molecular weight excluding hydrogens is 400 g/mol. The zero-order chi connectivity index (χ0) is 22.2. The Labute approximate surface area is 180 Å². The number of aromatic nitrogens is 2. The normalized spacial score (nSPS) is 27.2. The molecule has 8 nitrogen and oxygen atoms in total. The number of aliphatic hydroxyl groups is 2. The van der Waals surface area contributed by atoms with Crippen LogP contribution in [0.3, 0.4) is 0 Å². The number of fused-ring (bicyclic) bond motifs is 2. The molecule has 1 fully saturated rings. The summed E-state index contributed by atoms with van der Waals surface area (Å²) in [5.74, 6) is 0. The number of hydrogen-bond donors (Lipinski definition) is 3. The molecule has 0 bridgehead atoms. The van der Waals surface area contributed by atoms with E-state index in [1.165, 1.54) is 12.3 Å². The highest BCUT2D eigenvalue weighted by Crippen LogP contribution is 2.52. The van der Waals surface area contributed by atoms with E-state index < -0.39 is 35.3 Å². The van der Waals surface area contributed by atoms with E-state index in [0.29, 0.717) is 6.61 Å². The van der Waals surface area contributed by atoms with Crippen LogP contribution in [0.4, 0.5) is 0 Å². The number of ether oxygens (including phenoxy) is 2. The van der Waals surface area contributed by atoms with E-state index in [1.807, 2.05) is 13.0 Å². The van der Waals surface area contributed by atoms with Crippen LogP contribution in [0.25, 0.3) is 0 Å². The third-order valence-corrected chi connectivity index (χ3v) is 6.39. The van der Waals surface area contributed by atoms with Crippen molar-refractivity contribution in [3.63, 3.8) is 0 Å². The van der Waals surface area contributed by atoms with E-state index in [9.17, 15) is 19.8 Å². The average molecular weight is 431 g/mol. The maximum Gasteiger partial charge on any atom is 0.330 e. The summed E-state index contributed by atoms with van der Waals surface area (Å²) in [5, 5.41) is 21.6. The van der Waals surface area contributed by atoms with Gasteiger partial charge in [-0.05, 0) is 36.5 Å². The SMILES string of the molecule is CCCCCCc1cc(C)cc2c1[C@@]1(OC2)[C@@H](CO)O[C@@H](n2ccc(=O)[nH]c2=O)[C@@H]1O. The quantitative estimate of drug-likeness (QED) is 0.576. The molecule has 1 saturated heterocycles. The fraction of sp³-hybridized carbons (Fsp3) is 0.565. The third kappa shape index (κ3) is 3.67. The first kappa shape index (κ1) is 22.0. The van der Waals surface area contributed by atoms with Crippen LogP contribution in [0.2, 0.25) is 0 Å². The second-order valence-electron chi connectivity index (χ2n) is 8.51. The lowest BCUT2D eigenvalue weighted by atomic mass is 9.79. The predicted molar refractivity (Wildman–Crippen MR) is 114 cm³/mol. The van der Waals surface area contributed by atoms with Gasteiger partial charge in [-0.2, -0.15) is 0 Å². The molecule has 1 spiro atoms. The van der Waals surface area contributed by atoms with Gasteiger partial charge in [0.05, 0.1) is 13.2 Å². The largest absolute Gasteiger partial charge is 0.394 e. The third-order valence-electron chi connectivity index (χ3n) is 6.39. The van der Waals surface area contributed by atoms with Gasteiger partial charge in [0.25, 0.3) is 5.56 Å². The average Bonchev–Trinajstić information content (AvgIpc) is 3.25. The van der Waals surface area contributed by atoms with Gasteiger partial charge < -0.3 is 19.7 Å². The summed E-state index contributed by atoms with van der Waals surface area (Å²) in [6, 6.07) is 5.35. The molecule has 0 radical (unpaired) electrons. The highest BCUT2D eigenvalue weighted by Gasteiger charge is 2.62. The van der Waals surface area contributed by atoms with Crippen LogP contribution < -0.4 is 11.2 Å². The molecule has 1 aromatic carbocycles. The van der Waals surface area contributed by atoms with Crippen LogP contribution in [0.1, 0.15) is 61.1 Å². The summed E-state index contributed by atoms with van der Waals surface area (Å²) in [6.45, 7) is 4.12. The molecule has 4 rings (SSSR count). The number of nitrogens with zero attached hydrogens (tertiary/aromatic N) is 1. The van der Waals surface area contributed by atoms with Gasteiger partial charge in [0.15, 0.2) is 11.8 Å². The van der Waals surface area contributed by atoms with Crippen molar-refractivity contribution in [3.8, 4) is 0 Å². The lowest BCUT2D eigenvalue weighted by molar-refractivity contribution is -0.135. The standard InChI is InChI=1S/C23H30N2O6/c1-3-4-5-6-7-15-10-14(2)11-16-13-30-23(19(15)16)17(12-26)31-21(20(23)28)25-9-8-18(27)24-22(25)29/h8-11,17,20-21,26,28H,3-7,12-13H2,1-2H3,(H,24,27,29)/t17-,20+,21-,23+/m1/s1. The van der Waals surface area contributed by atoms with Crippen LogP contribution >= 0.6 is 0 Å². The van der Waals surface area contributed by atoms with E-state index in [2.05, 4.69) is 18.0 Å². The molecule has 0 amide bonds. The van der Waals surface area contributed by atoms with Gasteiger partial charge in [0.2, 0.25) is 0 Å². The Balaban J connectivity index is 1.77. The highest BCUT2D eigenvalue weighted by molar-refractivity contribution is 5.47. The number of aromatic amines is 1. The van der Waals surface area contributed by atoms with Crippen molar-refractivity contribution in [2.45, 2.75) is 76.6 Å². The van der Waals surface area contributed by atoms with Crippen molar-refractivity contribution < 1.29 is 19.7 Å². The summed E-state index contributed by atoms with van der Waals surface area (Å²) in [4.78, 5) is 26.0. The second kappa shape index (κ2) is 8.70. The van der Waals surface area contributed by atoms with Crippen LogP contribution in [0.5, 0.6) is 0 Å². The Morgan fingerprint density at radius 1 is 1.26 bits per heavy atom. The van der Waals surface area contributed by atoms with Gasteiger partial charge in [-0.1, -0.05) is 43.9 Å². The zero-order valence-electron chi connectivity index (χ0n) is 18.0. The molecule has 0 saturated carbocycles. The molecular formula is C23H30N2O6. The minimum absolute atomic E-state index is 0.295. The predicted octanol–water partition coefficient (Wildman–Crippen LogP) is 1.64. The molecule has 3 heterocycles. The van der Waals surface area contributed by atoms with Gasteiger partial charge in [0, 0.05) is 12.3 Å². The maximum absolute atomic E-state index is 12.3. The number of nitrogens with one attached hydrogen (secondary N) is 1. The molecule has 0 unspecified atom stereocenters. The highest BCUT2D eigenvalue weighted by atomic mass is 16.6. The molecule has 31 heavy (non-hydrogen) atoms. The maximum atomic E-state index is 12.3. The first-order valence-electron chi connectivity index (χ1n) is 10.9. The van der Waals surface area contributed by atoms with Gasteiger partial charge in [-0.25, -0.2) is 4.79 Å². The molecule has 2 aliphatic heterocycles. The summed E-state index contributed by atoms with van der Waals surface area (Å²) >= 11 is 0. The Bertz CT molecular complexity index is 1060. The molecule has 2 aromatic rings. The van der Waals surface area contributed by atoms with Crippen LogP contribution in [-0.2, 0) is 28.1 Å². The van der Waals surface area contributed by atoms with Gasteiger partial charge in [-0.3, -0.25) is 14.3 Å². The Morgan fingerprint density at radius 3 is 2.77 bits per heavy atom. The fourth-order valence-electron chi connectivity index (χ4n) is 5.02. The van der Waals surface area contributed by atoms with Gasteiger partial charge >= 0.3 is 5.69 Å². The number of aryl methyl sites for hydroxylation is 2. The van der Waals surface area contributed by atoms with E-state index >= 15 is 0 Å². The zero-order valence-corrected chi connectivity index (χ0v) is 18.0. The number of hydrogen-bond acceptors (Lipinski definition) is 6. The van der Waals surface area contributed by atoms with Gasteiger partial charge in [0.1, 0.15) is 12.2 Å². The van der Waals surface area contributed by atoms with Crippen LogP contribution in [-0.4, -0.2) is 38.6 Å². The Kier molecular flexibility index (Phi) is 6.16. The number of unbranched alkanes of at least 4 members (excludes halogenated alkanes) is 3. The van der Waals surface area contributed by atoms with Crippen LogP contribution in [0.15, 0.2) is 34.0 Å². The lowest BCUT2D eigenvalue weighted by Crippen LogP contribution is -2.47. The summed E-state index contributed by atoms with van der Waals surface area (Å²) in [6.07, 6.45) is 3.38. The topological polar surface area (TPSA) is 114 Å². The molecule has 2 aliphatic rings. The van der Waals surface area contributed by atoms with Crippen molar-refractivity contribution in [3.05, 3.63) is 67.5 Å². The summed E-state index contributed by atoms with van der Waals surface area (Å²) in [5.41, 5.74) is 1.54. The van der Waals surface area contributed by atoms with Crippen molar-refractivity contribution in [2.24, 2.45) is 0 Å². The number of benzene rings is 1. The molecule has 3 N–H and O–H groups in total. The van der Waals surface area contributed by atoms with E-state index in [-0.39, 0.29) is 6.61 Å². The fourth-order valence-corrected chi connectivity index (χ4v) is 5.02. The van der Waals surface area contributed by atoms with Crippen molar-refractivity contribution in [1.29, 1.82) is 0 Å². The van der Waals surface area contributed by atoms with Crippen molar-refractivity contribution in [2.75, 3.05) is 6.61 Å². The van der Waals surface area contributed by atoms with Crippen molar-refractivity contribution >= 4 is 0 Å². The molecule has 1 aromatic heterocycles. The van der Waals surface area contributed by atoms with E-state index in [1.54, 1.807) is 0 Å². The monoisotopic (exact) mass is 430 g/mol. The molecule has 8 heteroatoms. The lowest BCUT2D eigenvalue weighted by Gasteiger charge is -2.33.